The van der Waals surface area contributed by atoms with Gasteiger partial charge in [0.2, 0.25) is 0 Å². The molecule has 1 rings (SSSR count). The van der Waals surface area contributed by atoms with Crippen molar-refractivity contribution in [1.29, 1.82) is 5.26 Å². The lowest BCUT2D eigenvalue weighted by atomic mass is 10.1. The van der Waals surface area contributed by atoms with E-state index in [0.717, 1.165) is 0 Å². The Balaban J connectivity index is 3.30. The quantitative estimate of drug-likeness (QED) is 0.589. The summed E-state index contributed by atoms with van der Waals surface area (Å²) < 4.78 is 25.9. The van der Waals surface area contributed by atoms with Crippen molar-refractivity contribution in [2.45, 2.75) is 12.8 Å². The van der Waals surface area contributed by atoms with Gasteiger partial charge in [0.1, 0.15) is 8.30 Å². The van der Waals surface area contributed by atoms with Crippen LogP contribution in [0.15, 0.2) is 10.7 Å². The molecular formula is C8H4BrF2IN2. The molecule has 0 atom stereocenters. The van der Waals surface area contributed by atoms with Crippen molar-refractivity contribution in [2.24, 2.45) is 0 Å². The number of alkyl halides is 2. The van der Waals surface area contributed by atoms with Crippen LogP contribution in [-0.4, -0.2) is 4.98 Å². The second-order valence-electron chi connectivity index (χ2n) is 2.44. The van der Waals surface area contributed by atoms with Gasteiger partial charge in [-0.25, -0.2) is 13.8 Å². The smallest absolute Gasteiger partial charge is 0.235 e. The second kappa shape index (κ2) is 4.98. The van der Waals surface area contributed by atoms with E-state index in [1.807, 2.05) is 28.7 Å². The van der Waals surface area contributed by atoms with Crippen LogP contribution in [0, 0.1) is 15.0 Å². The first-order valence-electron chi connectivity index (χ1n) is 3.56. The molecule has 14 heavy (non-hydrogen) atoms. The van der Waals surface area contributed by atoms with Gasteiger partial charge in [0.05, 0.1) is 12.5 Å². The maximum atomic E-state index is 12.5. The third-order valence-electron chi connectivity index (χ3n) is 1.57. The molecule has 0 amide bonds. The molecule has 0 fully saturated rings. The Bertz CT molecular complexity index is 390. The van der Waals surface area contributed by atoms with Crippen molar-refractivity contribution in [1.82, 2.24) is 4.98 Å². The fourth-order valence-corrected chi connectivity index (χ4v) is 2.49. The van der Waals surface area contributed by atoms with Gasteiger partial charge in [-0.2, -0.15) is 5.26 Å². The number of nitrogens with zero attached hydrogens (tertiary/aromatic N) is 2. The van der Waals surface area contributed by atoms with Gasteiger partial charge in [-0.1, -0.05) is 0 Å². The zero-order valence-corrected chi connectivity index (χ0v) is 10.5. The van der Waals surface area contributed by atoms with Gasteiger partial charge in [0.25, 0.3) is 6.43 Å². The van der Waals surface area contributed by atoms with Crippen molar-refractivity contribution >= 4 is 38.5 Å². The molecule has 1 aromatic rings. The normalized spacial score (nSPS) is 10.3. The second-order valence-corrected chi connectivity index (χ2v) is 4.27. The standard InChI is InChI=1S/C8H4BrF2IN2/c9-6-3-5(7(10)11)4(1-2-13)8(12)14-6/h3,7H,1H2. The van der Waals surface area contributed by atoms with Crippen LogP contribution in [0.4, 0.5) is 8.78 Å². The highest BCUT2D eigenvalue weighted by Gasteiger charge is 2.17. The lowest BCUT2D eigenvalue weighted by Gasteiger charge is -2.07. The molecule has 0 aliphatic carbocycles. The van der Waals surface area contributed by atoms with Gasteiger partial charge >= 0.3 is 0 Å². The molecule has 0 aliphatic rings. The third kappa shape index (κ3) is 2.60. The number of pyridine rings is 1. The molecule has 0 aromatic carbocycles. The Kier molecular flexibility index (Phi) is 4.19. The molecular weight excluding hydrogens is 369 g/mol. The van der Waals surface area contributed by atoms with E-state index in [1.54, 1.807) is 0 Å². The molecule has 0 spiro atoms. The molecule has 0 saturated heterocycles. The molecule has 1 aromatic heterocycles. The lowest BCUT2D eigenvalue weighted by Crippen LogP contribution is -2.00. The van der Waals surface area contributed by atoms with Gasteiger partial charge < -0.3 is 0 Å². The molecule has 0 bridgehead atoms. The Morgan fingerprint density at radius 2 is 2.29 bits per heavy atom. The fraction of sp³-hybridized carbons (Fsp3) is 0.250. The Hall–Kier alpha value is -0.290. The van der Waals surface area contributed by atoms with Crippen LogP contribution in [-0.2, 0) is 6.42 Å². The molecule has 6 heteroatoms. The predicted molar refractivity (Wildman–Crippen MR) is 58.9 cm³/mol. The summed E-state index contributed by atoms with van der Waals surface area (Å²) in [7, 11) is 0. The minimum absolute atomic E-state index is 0.0434. The summed E-state index contributed by atoms with van der Waals surface area (Å²) in [6, 6.07) is 3.10. The van der Waals surface area contributed by atoms with E-state index in [9.17, 15) is 8.78 Å². The lowest BCUT2D eigenvalue weighted by molar-refractivity contribution is 0.150. The van der Waals surface area contributed by atoms with Crippen LogP contribution in [0.1, 0.15) is 17.6 Å². The SMILES string of the molecule is N#CCc1c(C(F)F)cc(Br)nc1I. The Morgan fingerprint density at radius 3 is 2.79 bits per heavy atom. The van der Waals surface area contributed by atoms with Crippen LogP contribution in [0.2, 0.25) is 0 Å². The molecule has 0 saturated carbocycles. The van der Waals surface area contributed by atoms with Gasteiger partial charge in [-0.15, -0.1) is 0 Å². The van der Waals surface area contributed by atoms with Crippen molar-refractivity contribution in [3.63, 3.8) is 0 Å². The minimum Gasteiger partial charge on any atom is -0.235 e. The molecule has 0 aliphatic heterocycles. The van der Waals surface area contributed by atoms with E-state index in [4.69, 9.17) is 5.26 Å². The van der Waals surface area contributed by atoms with E-state index in [-0.39, 0.29) is 12.0 Å². The van der Waals surface area contributed by atoms with Crippen LogP contribution in [0.3, 0.4) is 0 Å². The fourth-order valence-electron chi connectivity index (χ4n) is 0.977. The first-order chi connectivity index (χ1) is 6.56. The minimum atomic E-state index is -2.58. The molecule has 0 N–H and O–H groups in total. The van der Waals surface area contributed by atoms with Crippen LogP contribution >= 0.6 is 38.5 Å². The molecule has 2 nitrogen and oxygen atoms in total. The third-order valence-corrected chi connectivity index (χ3v) is 2.87. The first kappa shape index (κ1) is 11.8. The highest BCUT2D eigenvalue weighted by atomic mass is 127. The number of hydrogen-bond donors (Lipinski definition) is 0. The summed E-state index contributed by atoms with van der Waals surface area (Å²) in [5.74, 6) is 0. The highest BCUT2D eigenvalue weighted by molar-refractivity contribution is 14.1. The first-order valence-corrected chi connectivity index (χ1v) is 5.43. The summed E-state index contributed by atoms with van der Waals surface area (Å²) in [5, 5.41) is 8.48. The average Bonchev–Trinajstić information content (AvgIpc) is 2.09. The Morgan fingerprint density at radius 1 is 1.64 bits per heavy atom. The predicted octanol–water partition coefficient (Wildman–Crippen LogP) is 3.45. The van der Waals surface area contributed by atoms with Gasteiger partial charge in [-0.3, -0.25) is 0 Å². The summed E-state index contributed by atoms with van der Waals surface area (Å²) in [6.45, 7) is 0. The number of halogens is 4. The van der Waals surface area contributed by atoms with E-state index in [0.29, 0.717) is 13.9 Å². The highest BCUT2D eigenvalue weighted by Crippen LogP contribution is 2.28. The zero-order chi connectivity index (χ0) is 10.7. The van der Waals surface area contributed by atoms with E-state index in [2.05, 4.69) is 20.9 Å². The summed E-state index contributed by atoms with van der Waals surface area (Å²) in [4.78, 5) is 3.95. The van der Waals surface area contributed by atoms with Gasteiger partial charge in [-0.05, 0) is 44.6 Å². The zero-order valence-electron chi connectivity index (χ0n) is 6.77. The summed E-state index contributed by atoms with van der Waals surface area (Å²) in [6.07, 6.45) is -2.62. The van der Waals surface area contributed by atoms with E-state index < -0.39 is 6.43 Å². The number of nitriles is 1. The number of rotatable bonds is 2. The van der Waals surface area contributed by atoms with Crippen molar-refractivity contribution in [3.05, 3.63) is 25.5 Å². The van der Waals surface area contributed by atoms with Crippen LogP contribution in [0.5, 0.6) is 0 Å². The van der Waals surface area contributed by atoms with Crippen molar-refractivity contribution in [2.75, 3.05) is 0 Å². The van der Waals surface area contributed by atoms with Crippen LogP contribution < -0.4 is 0 Å². The number of hydrogen-bond acceptors (Lipinski definition) is 2. The number of aromatic nitrogens is 1. The molecule has 0 radical (unpaired) electrons. The van der Waals surface area contributed by atoms with Gasteiger partial charge in [0.15, 0.2) is 0 Å². The molecule has 74 valence electrons. The maximum Gasteiger partial charge on any atom is 0.264 e. The van der Waals surface area contributed by atoms with Crippen molar-refractivity contribution < 1.29 is 8.78 Å². The van der Waals surface area contributed by atoms with E-state index >= 15 is 0 Å². The van der Waals surface area contributed by atoms with Crippen LogP contribution in [0.25, 0.3) is 0 Å². The largest absolute Gasteiger partial charge is 0.264 e. The average molecular weight is 373 g/mol. The monoisotopic (exact) mass is 372 g/mol. The van der Waals surface area contributed by atoms with Gasteiger partial charge in [0, 0.05) is 11.1 Å². The Labute approximate surface area is 102 Å². The molecule has 0 unspecified atom stereocenters. The molecule has 1 heterocycles. The summed E-state index contributed by atoms with van der Waals surface area (Å²) in [5.41, 5.74) is 0.184. The van der Waals surface area contributed by atoms with Crippen molar-refractivity contribution in [3.8, 4) is 6.07 Å². The van der Waals surface area contributed by atoms with E-state index in [1.165, 1.54) is 6.07 Å². The summed E-state index contributed by atoms with van der Waals surface area (Å²) >= 11 is 4.88. The maximum absolute atomic E-state index is 12.5. The topological polar surface area (TPSA) is 36.7 Å².